The summed E-state index contributed by atoms with van der Waals surface area (Å²) in [5.74, 6) is 0. The average Bonchev–Trinajstić information content (AvgIpc) is 2.71. The number of alkyl halides is 1. The molecular weight excluding hydrogens is 318 g/mol. The Morgan fingerprint density at radius 1 is 1.59 bits per heavy atom. The summed E-state index contributed by atoms with van der Waals surface area (Å²) in [7, 11) is -2.65. The van der Waals surface area contributed by atoms with E-state index in [1.807, 2.05) is 0 Å². The number of halogens is 1. The fourth-order valence-electron chi connectivity index (χ4n) is 2.62. The Morgan fingerprint density at radius 3 is 2.95 bits per heavy atom. The third-order valence-corrected chi connectivity index (χ3v) is 5.16. The fourth-order valence-corrected chi connectivity index (χ4v) is 3.82. The van der Waals surface area contributed by atoms with Crippen LogP contribution in [0.25, 0.3) is 0 Å². The highest BCUT2D eigenvalue weighted by atomic mass is 31.2. The molecule has 0 unspecified atom stereocenters. The van der Waals surface area contributed by atoms with Crippen LogP contribution in [-0.2, 0) is 22.9 Å². The lowest BCUT2D eigenvalue weighted by atomic mass is 9.98. The van der Waals surface area contributed by atoms with Crippen molar-refractivity contribution >= 4 is 7.82 Å². The van der Waals surface area contributed by atoms with E-state index in [0.29, 0.717) is 5.69 Å². The molecular formula is C12H16FN2O6P. The number of ether oxygens (including phenoxy) is 1. The van der Waals surface area contributed by atoms with Crippen molar-refractivity contribution in [3.63, 3.8) is 0 Å². The lowest BCUT2D eigenvalue weighted by Crippen LogP contribution is -2.46. The minimum absolute atomic E-state index is 0.153. The number of hydrogen-bond acceptors (Lipinski definition) is 7. The lowest BCUT2D eigenvalue weighted by molar-refractivity contribution is -0.0708. The number of hydrogen-bond donors (Lipinski definition) is 0. The number of phosphoric ester groups is 1. The standard InChI is InChI=1S/C12H16FN2O6P/c1-7-4-5-15(11(16)14-7)10-12(2,13)9-8(20-10)6-19-22(17,18-3)21-9/h4-5,8-10H,6H2,1-3H3/t8-,9-,10-,12-,22-/m1/s1. The molecule has 2 saturated heterocycles. The first-order chi connectivity index (χ1) is 10.3. The molecule has 0 radical (unpaired) electrons. The van der Waals surface area contributed by atoms with Gasteiger partial charge in [-0.1, -0.05) is 0 Å². The van der Waals surface area contributed by atoms with Gasteiger partial charge >= 0.3 is 13.5 Å². The van der Waals surface area contributed by atoms with Gasteiger partial charge in [0.15, 0.2) is 11.9 Å². The highest BCUT2D eigenvalue weighted by Crippen LogP contribution is 2.58. The Balaban J connectivity index is 1.96. The third kappa shape index (κ3) is 2.43. The first-order valence-corrected chi connectivity index (χ1v) is 8.12. The van der Waals surface area contributed by atoms with E-state index in [-0.39, 0.29) is 6.61 Å². The molecule has 0 N–H and O–H groups in total. The second kappa shape index (κ2) is 5.21. The fraction of sp³-hybridized carbons (Fsp3) is 0.667. The highest BCUT2D eigenvalue weighted by Gasteiger charge is 2.61. The van der Waals surface area contributed by atoms with Crippen molar-refractivity contribution in [3.8, 4) is 0 Å². The Hall–Kier alpha value is -1.12. The van der Waals surface area contributed by atoms with E-state index in [1.54, 1.807) is 13.0 Å². The van der Waals surface area contributed by atoms with E-state index in [2.05, 4.69) is 9.51 Å². The summed E-state index contributed by atoms with van der Waals surface area (Å²) in [5.41, 5.74) is -2.23. The molecule has 22 heavy (non-hydrogen) atoms. The summed E-state index contributed by atoms with van der Waals surface area (Å²) >= 11 is 0. The molecule has 3 heterocycles. The van der Waals surface area contributed by atoms with Gasteiger partial charge in [-0.15, -0.1) is 0 Å². The molecule has 2 fully saturated rings. The third-order valence-electron chi connectivity index (χ3n) is 3.77. The summed E-state index contributed by atoms with van der Waals surface area (Å²) in [5, 5.41) is 0. The van der Waals surface area contributed by atoms with Gasteiger partial charge in [-0.05, 0) is 19.9 Å². The van der Waals surface area contributed by atoms with Crippen LogP contribution in [-0.4, -0.2) is 41.1 Å². The Kier molecular flexibility index (Phi) is 3.73. The van der Waals surface area contributed by atoms with Crippen LogP contribution >= 0.6 is 7.82 Å². The summed E-state index contributed by atoms with van der Waals surface area (Å²) in [6.07, 6.45) is -1.83. The SMILES string of the molecule is CO[P@]1(=O)OC[C@H]2O[C@@H](n3ccc(C)nc3=O)[C@](C)(F)[C@@H]2O1. The van der Waals surface area contributed by atoms with Crippen LogP contribution in [0.1, 0.15) is 18.8 Å². The van der Waals surface area contributed by atoms with E-state index in [0.717, 1.165) is 11.7 Å². The number of phosphoric acid groups is 1. The number of rotatable bonds is 2. The molecule has 1 aromatic heterocycles. The van der Waals surface area contributed by atoms with Crippen molar-refractivity contribution in [3.05, 3.63) is 28.4 Å². The molecule has 2 aliphatic heterocycles. The summed E-state index contributed by atoms with van der Waals surface area (Å²) in [6, 6.07) is 1.57. The maximum Gasteiger partial charge on any atom is 0.475 e. The Labute approximate surface area is 125 Å². The van der Waals surface area contributed by atoms with Gasteiger partial charge in [0.1, 0.15) is 12.2 Å². The molecule has 2 aliphatic rings. The van der Waals surface area contributed by atoms with Gasteiger partial charge in [0.05, 0.1) is 6.61 Å². The predicted octanol–water partition coefficient (Wildman–Crippen LogP) is 1.35. The first kappa shape index (κ1) is 15.8. The van der Waals surface area contributed by atoms with Gasteiger partial charge in [-0.3, -0.25) is 18.1 Å². The van der Waals surface area contributed by atoms with Gasteiger partial charge in [-0.25, -0.2) is 13.8 Å². The number of aromatic nitrogens is 2. The van der Waals surface area contributed by atoms with Crippen molar-refractivity contribution in [2.75, 3.05) is 13.7 Å². The van der Waals surface area contributed by atoms with Gasteiger partial charge in [0.2, 0.25) is 0 Å². The van der Waals surface area contributed by atoms with Gasteiger partial charge in [-0.2, -0.15) is 4.98 Å². The van der Waals surface area contributed by atoms with Gasteiger partial charge < -0.3 is 4.74 Å². The second-order valence-corrected chi connectivity index (χ2v) is 7.12. The van der Waals surface area contributed by atoms with Crippen molar-refractivity contribution < 1.29 is 27.3 Å². The van der Waals surface area contributed by atoms with Crippen LogP contribution in [0.15, 0.2) is 17.1 Å². The van der Waals surface area contributed by atoms with E-state index in [4.69, 9.17) is 13.8 Å². The molecule has 0 amide bonds. The maximum absolute atomic E-state index is 15.2. The van der Waals surface area contributed by atoms with E-state index in [9.17, 15) is 9.36 Å². The molecule has 0 aromatic carbocycles. The smallest absolute Gasteiger partial charge is 0.346 e. The summed E-state index contributed by atoms with van der Waals surface area (Å²) in [6.45, 7) is 2.72. The largest absolute Gasteiger partial charge is 0.475 e. The molecule has 8 nitrogen and oxygen atoms in total. The molecule has 122 valence electrons. The van der Waals surface area contributed by atoms with Crippen molar-refractivity contribution in [1.29, 1.82) is 0 Å². The molecule has 10 heteroatoms. The summed E-state index contributed by atoms with van der Waals surface area (Å²) < 4.78 is 48.6. The summed E-state index contributed by atoms with van der Waals surface area (Å²) in [4.78, 5) is 15.7. The Morgan fingerprint density at radius 2 is 2.32 bits per heavy atom. The van der Waals surface area contributed by atoms with Crippen LogP contribution in [0.2, 0.25) is 0 Å². The average molecular weight is 334 g/mol. The predicted molar refractivity (Wildman–Crippen MR) is 72.1 cm³/mol. The van der Waals surface area contributed by atoms with Crippen molar-refractivity contribution in [2.45, 2.75) is 38.0 Å². The lowest BCUT2D eigenvalue weighted by Gasteiger charge is -2.33. The zero-order valence-electron chi connectivity index (χ0n) is 12.3. The molecule has 0 spiro atoms. The van der Waals surface area contributed by atoms with E-state index >= 15 is 4.39 Å². The zero-order valence-corrected chi connectivity index (χ0v) is 13.2. The number of aryl methyl sites for hydroxylation is 1. The van der Waals surface area contributed by atoms with Crippen molar-refractivity contribution in [2.24, 2.45) is 0 Å². The first-order valence-electron chi connectivity index (χ1n) is 6.66. The minimum Gasteiger partial charge on any atom is -0.346 e. The molecule has 5 atom stereocenters. The van der Waals surface area contributed by atoms with Crippen LogP contribution in [0.4, 0.5) is 4.39 Å². The van der Waals surface area contributed by atoms with Crippen LogP contribution in [0, 0.1) is 6.92 Å². The van der Waals surface area contributed by atoms with E-state index < -0.39 is 37.6 Å². The normalized spacial score (nSPS) is 41.4. The van der Waals surface area contributed by atoms with Gasteiger partial charge in [0.25, 0.3) is 0 Å². The van der Waals surface area contributed by atoms with Crippen LogP contribution in [0.3, 0.4) is 0 Å². The van der Waals surface area contributed by atoms with E-state index in [1.165, 1.54) is 13.1 Å². The Bertz CT molecular complexity index is 692. The van der Waals surface area contributed by atoms with Crippen LogP contribution < -0.4 is 5.69 Å². The van der Waals surface area contributed by atoms with Crippen molar-refractivity contribution in [1.82, 2.24) is 9.55 Å². The topological polar surface area (TPSA) is 88.9 Å². The zero-order chi connectivity index (χ0) is 16.1. The minimum atomic E-state index is -3.81. The molecule has 0 aliphatic carbocycles. The quantitative estimate of drug-likeness (QED) is 0.754. The second-order valence-electron chi connectivity index (χ2n) is 5.39. The monoisotopic (exact) mass is 334 g/mol. The molecule has 3 rings (SSSR count). The molecule has 0 saturated carbocycles. The number of nitrogens with zero attached hydrogens (tertiary/aromatic N) is 2. The van der Waals surface area contributed by atoms with Gasteiger partial charge in [0, 0.05) is 19.0 Å². The van der Waals surface area contributed by atoms with Crippen LogP contribution in [0.5, 0.6) is 0 Å². The molecule has 1 aromatic rings. The highest BCUT2D eigenvalue weighted by molar-refractivity contribution is 7.48. The molecule has 0 bridgehead atoms. The number of fused-ring (bicyclic) bond motifs is 1. The maximum atomic E-state index is 15.2.